The molecule has 0 bridgehead atoms. The van der Waals surface area contributed by atoms with Crippen LogP contribution in [0, 0.1) is 5.92 Å². The van der Waals surface area contributed by atoms with Crippen LogP contribution in [-0.2, 0) is 0 Å². The van der Waals surface area contributed by atoms with E-state index in [-0.39, 0.29) is 0 Å². The van der Waals surface area contributed by atoms with E-state index in [9.17, 15) is 0 Å². The van der Waals surface area contributed by atoms with Crippen molar-refractivity contribution in [1.29, 1.82) is 0 Å². The number of benzene rings is 1. The summed E-state index contributed by atoms with van der Waals surface area (Å²) in [5, 5.41) is 5.70. The quantitative estimate of drug-likeness (QED) is 0.906. The van der Waals surface area contributed by atoms with Gasteiger partial charge < -0.3 is 14.8 Å². The summed E-state index contributed by atoms with van der Waals surface area (Å²) in [6, 6.07) is 5.99. The molecule has 0 amide bonds. The van der Waals surface area contributed by atoms with E-state index in [0.717, 1.165) is 40.6 Å². The monoisotopic (exact) mass is 286 g/mol. The number of nitrogens with one attached hydrogen (secondary N) is 1. The zero-order chi connectivity index (χ0) is 14.7. The van der Waals surface area contributed by atoms with Gasteiger partial charge in [0, 0.05) is 18.1 Å². The number of methoxy groups -OCH3 is 2. The highest BCUT2D eigenvalue weighted by Crippen LogP contribution is 2.34. The normalized spacial score (nSPS) is 15.3. The molecule has 1 saturated carbocycles. The molecule has 1 aromatic carbocycles. The molecule has 1 aromatic heterocycles. The minimum atomic E-state index is 0.738. The van der Waals surface area contributed by atoms with Crippen molar-refractivity contribution in [1.82, 2.24) is 4.98 Å². The van der Waals surface area contributed by atoms with E-state index in [0.29, 0.717) is 0 Å². The van der Waals surface area contributed by atoms with Gasteiger partial charge in [-0.3, -0.25) is 0 Å². The predicted octanol–water partition coefficient (Wildman–Crippen LogP) is 3.85. The zero-order valence-corrected chi connectivity index (χ0v) is 12.7. The van der Waals surface area contributed by atoms with Crippen molar-refractivity contribution in [3.63, 3.8) is 0 Å². The average molecular weight is 286 g/mol. The van der Waals surface area contributed by atoms with E-state index in [1.54, 1.807) is 14.2 Å². The number of anilines is 1. The number of hydrogen-bond acceptors (Lipinski definition) is 4. The maximum atomic E-state index is 5.40. The van der Waals surface area contributed by atoms with Crippen LogP contribution < -0.4 is 14.8 Å². The molecule has 2 aromatic rings. The van der Waals surface area contributed by atoms with Crippen LogP contribution in [0.2, 0.25) is 0 Å². The van der Waals surface area contributed by atoms with Crippen LogP contribution in [-0.4, -0.2) is 25.7 Å². The number of pyridine rings is 1. The predicted molar refractivity (Wildman–Crippen MR) is 85.3 cm³/mol. The van der Waals surface area contributed by atoms with Crippen LogP contribution in [0.15, 0.2) is 24.4 Å². The second-order valence-electron chi connectivity index (χ2n) is 5.62. The first-order valence-electron chi connectivity index (χ1n) is 7.56. The third-order valence-corrected chi connectivity index (χ3v) is 4.30. The lowest BCUT2D eigenvalue weighted by Crippen LogP contribution is -2.12. The summed E-state index contributed by atoms with van der Waals surface area (Å²) in [6.45, 7) is 1.00. The van der Waals surface area contributed by atoms with Crippen LogP contribution in [0.1, 0.15) is 25.7 Å². The molecule has 0 unspecified atom stereocenters. The Labute approximate surface area is 125 Å². The molecule has 3 rings (SSSR count). The molecule has 1 aliphatic rings. The first kappa shape index (κ1) is 14.0. The van der Waals surface area contributed by atoms with Gasteiger partial charge in [0.15, 0.2) is 11.5 Å². The first-order chi connectivity index (χ1) is 10.3. The molecule has 1 aliphatic carbocycles. The third kappa shape index (κ3) is 2.89. The molecule has 0 radical (unpaired) electrons. The van der Waals surface area contributed by atoms with Crippen LogP contribution in [0.5, 0.6) is 11.5 Å². The van der Waals surface area contributed by atoms with Gasteiger partial charge in [0.1, 0.15) is 5.82 Å². The minimum absolute atomic E-state index is 0.738. The summed E-state index contributed by atoms with van der Waals surface area (Å²) in [7, 11) is 3.32. The van der Waals surface area contributed by atoms with E-state index < -0.39 is 0 Å². The Morgan fingerprint density at radius 1 is 1.14 bits per heavy atom. The maximum Gasteiger partial charge on any atom is 0.161 e. The third-order valence-electron chi connectivity index (χ3n) is 4.30. The number of ether oxygens (including phenoxy) is 2. The number of fused-ring (bicyclic) bond motifs is 1. The number of aromatic nitrogens is 1. The first-order valence-corrected chi connectivity index (χ1v) is 7.56. The Morgan fingerprint density at radius 3 is 2.57 bits per heavy atom. The number of nitrogens with zero attached hydrogens (tertiary/aromatic N) is 1. The molecule has 0 saturated heterocycles. The highest BCUT2D eigenvalue weighted by Gasteiger charge is 2.15. The molecule has 1 fully saturated rings. The average Bonchev–Trinajstić information content (AvgIpc) is 3.04. The van der Waals surface area contributed by atoms with Crippen LogP contribution in [0.4, 0.5) is 5.82 Å². The van der Waals surface area contributed by atoms with E-state index in [2.05, 4.69) is 10.3 Å². The largest absolute Gasteiger partial charge is 0.493 e. The van der Waals surface area contributed by atoms with E-state index >= 15 is 0 Å². The van der Waals surface area contributed by atoms with E-state index in [4.69, 9.17) is 9.47 Å². The van der Waals surface area contributed by atoms with Gasteiger partial charge in [0.25, 0.3) is 0 Å². The molecule has 0 atom stereocenters. The molecule has 21 heavy (non-hydrogen) atoms. The van der Waals surface area contributed by atoms with Crippen LogP contribution in [0.25, 0.3) is 10.8 Å². The molecule has 0 spiro atoms. The maximum absolute atomic E-state index is 5.40. The summed E-state index contributed by atoms with van der Waals surface area (Å²) in [5.41, 5.74) is 0. The van der Waals surface area contributed by atoms with Gasteiger partial charge in [-0.15, -0.1) is 0 Å². The smallest absolute Gasteiger partial charge is 0.161 e. The van der Waals surface area contributed by atoms with Crippen LogP contribution in [0.3, 0.4) is 0 Å². The van der Waals surface area contributed by atoms with Crippen molar-refractivity contribution in [2.75, 3.05) is 26.1 Å². The molecular formula is C17H22N2O2. The number of hydrogen-bond donors (Lipinski definition) is 1. The van der Waals surface area contributed by atoms with E-state index in [1.807, 2.05) is 24.4 Å². The van der Waals surface area contributed by atoms with Crippen molar-refractivity contribution >= 4 is 16.6 Å². The van der Waals surface area contributed by atoms with Crippen LogP contribution >= 0.6 is 0 Å². The molecule has 1 N–H and O–H groups in total. The Balaban J connectivity index is 1.90. The second-order valence-corrected chi connectivity index (χ2v) is 5.62. The van der Waals surface area contributed by atoms with Crippen molar-refractivity contribution in [3.05, 3.63) is 24.4 Å². The highest BCUT2D eigenvalue weighted by molar-refractivity contribution is 5.94. The van der Waals surface area contributed by atoms with Crippen molar-refractivity contribution < 1.29 is 9.47 Å². The van der Waals surface area contributed by atoms with E-state index in [1.165, 1.54) is 25.7 Å². The lowest BCUT2D eigenvalue weighted by Gasteiger charge is -2.14. The Kier molecular flexibility index (Phi) is 4.13. The lowest BCUT2D eigenvalue weighted by atomic mass is 10.1. The van der Waals surface area contributed by atoms with Gasteiger partial charge >= 0.3 is 0 Å². The summed E-state index contributed by atoms with van der Waals surface area (Å²) < 4.78 is 10.8. The number of rotatable bonds is 5. The molecule has 4 heteroatoms. The van der Waals surface area contributed by atoms with Gasteiger partial charge in [-0.05, 0) is 42.3 Å². The van der Waals surface area contributed by atoms with Gasteiger partial charge in [0.2, 0.25) is 0 Å². The fraction of sp³-hybridized carbons (Fsp3) is 0.471. The molecule has 4 nitrogen and oxygen atoms in total. The fourth-order valence-corrected chi connectivity index (χ4v) is 3.10. The highest BCUT2D eigenvalue weighted by atomic mass is 16.5. The molecule has 112 valence electrons. The standard InChI is InChI=1S/C17H22N2O2/c1-20-15-9-13-7-8-18-17(14(13)10-16(15)21-2)19-11-12-5-3-4-6-12/h7-10,12H,3-6,11H2,1-2H3,(H,18,19). The lowest BCUT2D eigenvalue weighted by molar-refractivity contribution is 0.356. The zero-order valence-electron chi connectivity index (χ0n) is 12.7. The minimum Gasteiger partial charge on any atom is -0.493 e. The Bertz CT molecular complexity index is 621. The van der Waals surface area contributed by atoms with Crippen molar-refractivity contribution in [3.8, 4) is 11.5 Å². The summed E-state index contributed by atoms with van der Waals surface area (Å²) in [4.78, 5) is 4.49. The fourth-order valence-electron chi connectivity index (χ4n) is 3.10. The molecule has 1 heterocycles. The van der Waals surface area contributed by atoms with Crippen molar-refractivity contribution in [2.45, 2.75) is 25.7 Å². The van der Waals surface area contributed by atoms with Crippen molar-refractivity contribution in [2.24, 2.45) is 5.92 Å². The van der Waals surface area contributed by atoms with Gasteiger partial charge in [-0.2, -0.15) is 0 Å². The summed E-state index contributed by atoms with van der Waals surface area (Å²) >= 11 is 0. The van der Waals surface area contributed by atoms with Gasteiger partial charge in [-0.1, -0.05) is 12.8 Å². The summed E-state index contributed by atoms with van der Waals surface area (Å²) in [5.74, 6) is 3.20. The Hall–Kier alpha value is -1.97. The molecular weight excluding hydrogens is 264 g/mol. The van der Waals surface area contributed by atoms with Gasteiger partial charge in [0.05, 0.1) is 14.2 Å². The summed E-state index contributed by atoms with van der Waals surface area (Å²) in [6.07, 6.45) is 7.22. The Morgan fingerprint density at radius 2 is 1.86 bits per heavy atom. The topological polar surface area (TPSA) is 43.4 Å². The molecule has 0 aliphatic heterocycles. The SMILES string of the molecule is COc1cc2ccnc(NCC3CCCC3)c2cc1OC. The van der Waals surface area contributed by atoms with Gasteiger partial charge in [-0.25, -0.2) is 4.98 Å². The second kappa shape index (κ2) is 6.20.